The smallest absolute Gasteiger partial charge is 0.387 e. The van der Waals surface area contributed by atoms with Gasteiger partial charge in [-0.05, 0) is 17.7 Å². The minimum Gasteiger partial charge on any atom is -0.435 e. The van der Waals surface area contributed by atoms with Crippen LogP contribution in [0.2, 0.25) is 0 Å². The second kappa shape index (κ2) is 5.12. The molecule has 0 bridgehead atoms. The molecule has 1 aromatic carbocycles. The van der Waals surface area contributed by atoms with E-state index >= 15 is 0 Å². The summed E-state index contributed by atoms with van der Waals surface area (Å²) < 4.78 is 32.5. The molecule has 1 fully saturated rings. The summed E-state index contributed by atoms with van der Waals surface area (Å²) >= 11 is 0. The molecule has 0 saturated carbocycles. The Balaban J connectivity index is 2.09. The van der Waals surface area contributed by atoms with Crippen LogP contribution in [-0.4, -0.2) is 18.6 Å². The summed E-state index contributed by atoms with van der Waals surface area (Å²) in [5, 5.41) is 0. The minimum atomic E-state index is -2.87. The molecular weight excluding hydrogens is 246 g/mol. The fourth-order valence-electron chi connectivity index (χ4n) is 1.84. The molecule has 0 N–H and O–H groups in total. The number of rotatable bonds is 3. The van der Waals surface area contributed by atoms with Gasteiger partial charge in [-0.1, -0.05) is 12.1 Å². The third kappa shape index (κ3) is 3.03. The van der Waals surface area contributed by atoms with Gasteiger partial charge in [0.25, 0.3) is 0 Å². The van der Waals surface area contributed by atoms with E-state index in [1.54, 1.807) is 12.1 Å². The van der Waals surface area contributed by atoms with E-state index in [4.69, 9.17) is 0 Å². The number of hydrogen-bond acceptors (Lipinski definition) is 4. The van der Waals surface area contributed by atoms with Crippen molar-refractivity contribution >= 4 is 11.9 Å². The summed E-state index contributed by atoms with van der Waals surface area (Å²) in [6.45, 7) is -2.87. The van der Waals surface area contributed by atoms with Crippen LogP contribution in [0.1, 0.15) is 24.3 Å². The highest BCUT2D eigenvalue weighted by atomic mass is 19.3. The molecule has 1 aromatic rings. The van der Waals surface area contributed by atoms with Crippen molar-refractivity contribution in [1.82, 2.24) is 0 Å². The van der Waals surface area contributed by atoms with E-state index in [0.717, 1.165) is 5.56 Å². The first-order chi connectivity index (χ1) is 8.54. The first-order valence-corrected chi connectivity index (χ1v) is 5.33. The Labute approximate surface area is 101 Å². The van der Waals surface area contributed by atoms with E-state index in [0.29, 0.717) is 0 Å². The normalized spacial score (nSPS) is 16.8. The quantitative estimate of drug-likeness (QED) is 0.614. The number of halogens is 2. The predicted molar refractivity (Wildman–Crippen MR) is 56.1 cm³/mol. The first-order valence-electron chi connectivity index (χ1n) is 5.33. The van der Waals surface area contributed by atoms with Gasteiger partial charge in [-0.15, -0.1) is 0 Å². The van der Waals surface area contributed by atoms with Gasteiger partial charge in [0, 0.05) is 5.92 Å². The van der Waals surface area contributed by atoms with Crippen molar-refractivity contribution in [2.75, 3.05) is 0 Å². The molecule has 6 heteroatoms. The van der Waals surface area contributed by atoms with Crippen molar-refractivity contribution in [3.8, 4) is 5.75 Å². The van der Waals surface area contributed by atoms with Gasteiger partial charge in [0.2, 0.25) is 0 Å². The van der Waals surface area contributed by atoms with Crippen LogP contribution in [0.5, 0.6) is 5.75 Å². The number of carbonyl (C=O) groups is 2. The highest BCUT2D eigenvalue weighted by Crippen LogP contribution is 2.29. The monoisotopic (exact) mass is 256 g/mol. The zero-order valence-corrected chi connectivity index (χ0v) is 9.27. The van der Waals surface area contributed by atoms with Gasteiger partial charge < -0.3 is 9.47 Å². The van der Waals surface area contributed by atoms with E-state index in [1.807, 2.05) is 0 Å². The number of benzene rings is 1. The maximum atomic E-state index is 12.0. The topological polar surface area (TPSA) is 52.6 Å². The number of carbonyl (C=O) groups excluding carboxylic acids is 2. The number of cyclic esters (lactones) is 2. The molecule has 1 aliphatic heterocycles. The molecule has 1 aliphatic rings. The van der Waals surface area contributed by atoms with Crippen molar-refractivity contribution in [1.29, 1.82) is 0 Å². The van der Waals surface area contributed by atoms with Crippen molar-refractivity contribution in [2.24, 2.45) is 0 Å². The van der Waals surface area contributed by atoms with E-state index in [2.05, 4.69) is 9.47 Å². The van der Waals surface area contributed by atoms with Crippen LogP contribution < -0.4 is 4.74 Å². The average Bonchev–Trinajstić information content (AvgIpc) is 2.27. The third-order valence-electron chi connectivity index (χ3n) is 2.63. The van der Waals surface area contributed by atoms with Crippen molar-refractivity contribution in [3.63, 3.8) is 0 Å². The molecular formula is C12H10F2O4. The Morgan fingerprint density at radius 1 is 1.11 bits per heavy atom. The second-order valence-electron chi connectivity index (χ2n) is 3.90. The lowest BCUT2D eigenvalue weighted by molar-refractivity contribution is -0.163. The lowest BCUT2D eigenvalue weighted by atomic mass is 9.91. The predicted octanol–water partition coefficient (Wildman–Crippen LogP) is 2.24. The SMILES string of the molecule is O=C1CC(c2ccc(OC(F)F)cc2)CC(=O)O1. The summed E-state index contributed by atoms with van der Waals surface area (Å²) in [5.74, 6) is -1.36. The summed E-state index contributed by atoms with van der Waals surface area (Å²) in [6, 6.07) is 5.89. The maximum Gasteiger partial charge on any atom is 0.387 e. The molecule has 2 rings (SSSR count). The van der Waals surface area contributed by atoms with Crippen molar-refractivity contribution in [3.05, 3.63) is 29.8 Å². The van der Waals surface area contributed by atoms with Crippen LogP contribution in [0.15, 0.2) is 24.3 Å². The molecule has 0 unspecified atom stereocenters. The van der Waals surface area contributed by atoms with Gasteiger partial charge >= 0.3 is 18.6 Å². The zero-order chi connectivity index (χ0) is 13.1. The van der Waals surface area contributed by atoms with E-state index in [9.17, 15) is 18.4 Å². The van der Waals surface area contributed by atoms with Crippen molar-refractivity contribution < 1.29 is 27.8 Å². The van der Waals surface area contributed by atoms with Crippen LogP contribution in [0.3, 0.4) is 0 Å². The van der Waals surface area contributed by atoms with Gasteiger partial charge in [-0.2, -0.15) is 8.78 Å². The van der Waals surface area contributed by atoms with E-state index < -0.39 is 18.6 Å². The molecule has 1 heterocycles. The largest absolute Gasteiger partial charge is 0.435 e. The highest BCUT2D eigenvalue weighted by Gasteiger charge is 2.28. The molecule has 0 amide bonds. The summed E-state index contributed by atoms with van der Waals surface area (Å²) in [6.07, 6.45) is 0.224. The summed E-state index contributed by atoms with van der Waals surface area (Å²) in [5.41, 5.74) is 0.724. The standard InChI is InChI=1S/C12H10F2O4/c13-12(14)17-9-3-1-7(2-4-9)8-5-10(15)18-11(16)6-8/h1-4,8,12H,5-6H2. The van der Waals surface area contributed by atoms with Crippen LogP contribution in [-0.2, 0) is 14.3 Å². The molecule has 0 radical (unpaired) electrons. The molecule has 96 valence electrons. The molecule has 4 nitrogen and oxygen atoms in total. The van der Waals surface area contributed by atoms with Gasteiger partial charge in [0.1, 0.15) is 5.75 Å². The van der Waals surface area contributed by atoms with Gasteiger partial charge in [0.05, 0.1) is 12.8 Å². The van der Waals surface area contributed by atoms with E-state index in [1.165, 1.54) is 12.1 Å². The lowest BCUT2D eigenvalue weighted by Crippen LogP contribution is -2.24. The molecule has 0 spiro atoms. The number of ether oxygens (including phenoxy) is 2. The maximum absolute atomic E-state index is 12.0. The Hall–Kier alpha value is -1.98. The van der Waals surface area contributed by atoms with Gasteiger partial charge in [-0.3, -0.25) is 9.59 Å². The summed E-state index contributed by atoms with van der Waals surface area (Å²) in [4.78, 5) is 22.2. The number of alkyl halides is 2. The lowest BCUT2D eigenvalue weighted by Gasteiger charge is -2.20. The molecule has 1 saturated heterocycles. The highest BCUT2D eigenvalue weighted by molar-refractivity contribution is 5.89. The fourth-order valence-corrected chi connectivity index (χ4v) is 1.84. The second-order valence-corrected chi connectivity index (χ2v) is 3.90. The minimum absolute atomic E-state index is 0.0402. The average molecular weight is 256 g/mol. The van der Waals surface area contributed by atoms with Crippen molar-refractivity contribution in [2.45, 2.75) is 25.4 Å². The molecule has 0 aromatic heterocycles. The third-order valence-corrected chi connectivity index (χ3v) is 2.63. The Bertz CT molecular complexity index is 440. The number of hydrogen-bond donors (Lipinski definition) is 0. The Kier molecular flexibility index (Phi) is 3.55. The summed E-state index contributed by atoms with van der Waals surface area (Å²) in [7, 11) is 0. The molecule has 0 atom stereocenters. The van der Waals surface area contributed by atoms with Gasteiger partial charge in [0.15, 0.2) is 0 Å². The van der Waals surface area contributed by atoms with Gasteiger partial charge in [-0.25, -0.2) is 0 Å². The molecule has 0 aliphatic carbocycles. The zero-order valence-electron chi connectivity index (χ0n) is 9.27. The van der Waals surface area contributed by atoms with Crippen LogP contribution >= 0.6 is 0 Å². The van der Waals surface area contributed by atoms with Crippen LogP contribution in [0.25, 0.3) is 0 Å². The number of esters is 2. The molecule has 18 heavy (non-hydrogen) atoms. The van der Waals surface area contributed by atoms with E-state index in [-0.39, 0.29) is 24.5 Å². The Morgan fingerprint density at radius 2 is 1.67 bits per heavy atom. The van der Waals surface area contributed by atoms with Crippen LogP contribution in [0.4, 0.5) is 8.78 Å². The fraction of sp³-hybridized carbons (Fsp3) is 0.333. The van der Waals surface area contributed by atoms with Crippen LogP contribution in [0, 0.1) is 0 Å². The first kappa shape index (κ1) is 12.5. The Morgan fingerprint density at radius 3 is 2.17 bits per heavy atom.